The van der Waals surface area contributed by atoms with Crippen molar-refractivity contribution in [2.75, 3.05) is 77.7 Å². The van der Waals surface area contributed by atoms with Gasteiger partial charge in [0.1, 0.15) is 11.6 Å². The molecule has 170 valence electrons. The van der Waals surface area contributed by atoms with Crippen LogP contribution in [0.5, 0.6) is 5.75 Å². The van der Waals surface area contributed by atoms with Gasteiger partial charge in [-0.15, -0.1) is 0 Å². The fourth-order valence-corrected chi connectivity index (χ4v) is 3.93. The van der Waals surface area contributed by atoms with E-state index in [9.17, 15) is 4.79 Å². The quantitative estimate of drug-likeness (QED) is 0.280. The average molecular weight is 539 g/mol. The topological polar surface area (TPSA) is 57.7 Å². The molecule has 0 aliphatic carbocycles. The van der Waals surface area contributed by atoms with Gasteiger partial charge in [-0.3, -0.25) is 4.79 Å². The minimum absolute atomic E-state index is 0. The molecule has 0 spiro atoms. The van der Waals surface area contributed by atoms with Gasteiger partial charge in [-0.1, -0.05) is 12.1 Å². The third-order valence-electron chi connectivity index (χ3n) is 5.86. The van der Waals surface area contributed by atoms with Gasteiger partial charge in [-0.05, 0) is 24.3 Å². The highest BCUT2D eigenvalue weighted by atomic mass is 127. The molecule has 1 amide bonds. The van der Waals surface area contributed by atoms with Crippen molar-refractivity contribution in [3.05, 3.63) is 48.2 Å². The first-order chi connectivity index (χ1) is 14.4. The number of hydrogen-bond donors (Lipinski definition) is 1. The third kappa shape index (κ3) is 6.46. The summed E-state index contributed by atoms with van der Waals surface area (Å²) in [6.07, 6.45) is 2.75. The lowest BCUT2D eigenvalue weighted by Crippen LogP contribution is -3.00. The summed E-state index contributed by atoms with van der Waals surface area (Å²) in [5, 5.41) is 3.36. The number of ether oxygens (including phenoxy) is 1. The molecule has 0 saturated carbocycles. The molecule has 31 heavy (non-hydrogen) atoms. The monoisotopic (exact) mass is 539 g/mol. The van der Waals surface area contributed by atoms with Gasteiger partial charge in [0.05, 0.1) is 58.1 Å². The Hall–Kier alpha value is -2.07. The Kier molecular flexibility index (Phi) is 9.36. The van der Waals surface area contributed by atoms with Gasteiger partial charge in [0.25, 0.3) is 5.91 Å². The Bertz CT molecular complexity index is 853. The lowest BCUT2D eigenvalue weighted by atomic mass is 10.2. The van der Waals surface area contributed by atoms with E-state index in [0.29, 0.717) is 11.4 Å². The second-order valence-electron chi connectivity index (χ2n) is 8.33. The first-order valence-electron chi connectivity index (χ1n) is 10.6. The Balaban J connectivity index is 0.00000341. The van der Waals surface area contributed by atoms with Crippen LogP contribution in [0.15, 0.2) is 42.6 Å². The number of rotatable bonds is 8. The predicted molar refractivity (Wildman–Crippen MR) is 121 cm³/mol. The second-order valence-corrected chi connectivity index (χ2v) is 8.33. The molecule has 1 saturated heterocycles. The number of nitrogens with zero attached hydrogens (tertiary/aromatic N) is 4. The maximum Gasteiger partial charge on any atom is 0.257 e. The van der Waals surface area contributed by atoms with Crippen molar-refractivity contribution in [2.45, 2.75) is 6.42 Å². The van der Waals surface area contributed by atoms with E-state index in [1.165, 1.54) is 5.69 Å². The van der Waals surface area contributed by atoms with Gasteiger partial charge < -0.3 is 48.3 Å². The summed E-state index contributed by atoms with van der Waals surface area (Å²) in [5.74, 6) is 1.58. The Morgan fingerprint density at radius 3 is 2.58 bits per heavy atom. The van der Waals surface area contributed by atoms with Crippen LogP contribution in [-0.2, 0) is 0 Å². The van der Waals surface area contributed by atoms with Gasteiger partial charge in [-0.2, -0.15) is 0 Å². The van der Waals surface area contributed by atoms with Crippen LogP contribution in [0.25, 0.3) is 0 Å². The highest BCUT2D eigenvalue weighted by molar-refractivity contribution is 5.98. The number of methoxy groups -OCH3 is 1. The van der Waals surface area contributed by atoms with Crippen molar-refractivity contribution < 1.29 is 38.0 Å². The van der Waals surface area contributed by atoms with Crippen LogP contribution in [0.2, 0.25) is 0 Å². The minimum atomic E-state index is -0.0305. The number of carbonyl (C=O) groups is 1. The summed E-state index contributed by atoms with van der Waals surface area (Å²) in [6, 6.07) is 11.9. The Morgan fingerprint density at radius 2 is 1.90 bits per heavy atom. The van der Waals surface area contributed by atoms with Gasteiger partial charge in [0.2, 0.25) is 0 Å². The largest absolute Gasteiger partial charge is 1.00 e. The van der Waals surface area contributed by atoms with Crippen molar-refractivity contribution in [3.63, 3.8) is 0 Å². The van der Waals surface area contributed by atoms with E-state index in [1.54, 1.807) is 38.4 Å². The highest BCUT2D eigenvalue weighted by Gasteiger charge is 2.29. The summed E-state index contributed by atoms with van der Waals surface area (Å²) < 4.78 is 6.58. The number of pyridine rings is 1. The van der Waals surface area contributed by atoms with E-state index < -0.39 is 0 Å². The standard InChI is InChI=1S/C23H33N5O2.HI/c1-26(2)23(29)19-9-7-12-24-22(19)25-13-8-16-28(3)17-14-27(15-18-28)20-10-5-6-11-21(20)30-4;/h5-7,9-12H,8,13-18H2,1-4H3;1H. The zero-order chi connectivity index (χ0) is 21.6. The van der Waals surface area contributed by atoms with Gasteiger partial charge in [0.15, 0.2) is 0 Å². The first kappa shape index (κ1) is 25.2. The van der Waals surface area contributed by atoms with Gasteiger partial charge in [-0.25, -0.2) is 4.98 Å². The van der Waals surface area contributed by atoms with Crippen molar-refractivity contribution >= 4 is 17.4 Å². The van der Waals surface area contributed by atoms with Crippen molar-refractivity contribution in [3.8, 4) is 5.75 Å². The zero-order valence-electron chi connectivity index (χ0n) is 19.0. The fraction of sp³-hybridized carbons (Fsp3) is 0.478. The zero-order valence-corrected chi connectivity index (χ0v) is 21.1. The molecule has 1 aliphatic heterocycles. The predicted octanol–water partition coefficient (Wildman–Crippen LogP) is -0.435. The molecule has 2 aromatic rings. The SMILES string of the molecule is COc1ccccc1N1CC[N+](C)(CCCNc2ncccc2C(=O)N(C)C)CC1.[I-]. The van der Waals surface area contributed by atoms with Crippen molar-refractivity contribution in [1.82, 2.24) is 9.88 Å². The van der Waals surface area contributed by atoms with Crippen LogP contribution in [0.3, 0.4) is 0 Å². The smallest absolute Gasteiger partial charge is 0.257 e. The van der Waals surface area contributed by atoms with E-state index >= 15 is 0 Å². The normalized spacial score (nSPS) is 15.0. The van der Waals surface area contributed by atoms with E-state index in [4.69, 9.17) is 4.74 Å². The number of nitrogens with one attached hydrogen (secondary N) is 1. The number of anilines is 2. The highest BCUT2D eigenvalue weighted by Crippen LogP contribution is 2.29. The molecule has 0 atom stereocenters. The number of hydrogen-bond acceptors (Lipinski definition) is 5. The Morgan fingerprint density at radius 1 is 1.19 bits per heavy atom. The van der Waals surface area contributed by atoms with Crippen molar-refractivity contribution in [1.29, 1.82) is 0 Å². The van der Waals surface area contributed by atoms with Crippen LogP contribution in [0, 0.1) is 0 Å². The number of aromatic nitrogens is 1. The summed E-state index contributed by atoms with van der Waals surface area (Å²) >= 11 is 0. The maximum atomic E-state index is 12.3. The maximum absolute atomic E-state index is 12.3. The number of carbonyl (C=O) groups excluding carboxylic acids is 1. The first-order valence-corrected chi connectivity index (χ1v) is 10.6. The molecule has 1 aromatic heterocycles. The van der Waals surface area contributed by atoms with E-state index in [0.717, 1.165) is 55.9 Å². The molecule has 7 nitrogen and oxygen atoms in total. The van der Waals surface area contributed by atoms with Gasteiger partial charge >= 0.3 is 0 Å². The Labute approximate surface area is 203 Å². The number of quaternary nitrogens is 1. The number of piperazine rings is 1. The molecule has 8 heteroatoms. The number of halogens is 1. The van der Waals surface area contributed by atoms with Crippen molar-refractivity contribution in [2.24, 2.45) is 0 Å². The molecule has 0 radical (unpaired) electrons. The lowest BCUT2D eigenvalue weighted by Gasteiger charge is -2.43. The fourth-order valence-electron chi connectivity index (χ4n) is 3.93. The molecular weight excluding hydrogens is 505 g/mol. The molecule has 1 N–H and O–H groups in total. The summed E-state index contributed by atoms with van der Waals surface area (Å²) in [5.41, 5.74) is 1.80. The summed E-state index contributed by atoms with van der Waals surface area (Å²) in [4.78, 5) is 20.7. The van der Waals surface area contributed by atoms with E-state index in [-0.39, 0.29) is 29.9 Å². The molecule has 3 rings (SSSR count). The number of likely N-dealkylation sites (N-methyl/N-ethyl adjacent to an activating group) is 1. The van der Waals surface area contributed by atoms with Gasteiger partial charge in [0, 0.05) is 33.3 Å². The van der Waals surface area contributed by atoms with Crippen LogP contribution >= 0.6 is 0 Å². The van der Waals surface area contributed by atoms with E-state index in [1.807, 2.05) is 18.2 Å². The summed E-state index contributed by atoms with van der Waals surface area (Å²) in [6.45, 7) is 6.14. The van der Waals surface area contributed by atoms with Crippen LogP contribution < -0.4 is 38.9 Å². The minimum Gasteiger partial charge on any atom is -1.00 e. The summed E-state index contributed by atoms with van der Waals surface area (Å²) in [7, 11) is 7.58. The average Bonchev–Trinajstić information content (AvgIpc) is 2.77. The lowest BCUT2D eigenvalue weighted by molar-refractivity contribution is -0.910. The van der Waals surface area contributed by atoms with Crippen LogP contribution in [0.4, 0.5) is 11.5 Å². The molecule has 0 unspecified atom stereocenters. The molecule has 2 heterocycles. The number of amides is 1. The molecule has 1 aliphatic rings. The van der Waals surface area contributed by atoms with Crippen LogP contribution in [-0.4, -0.2) is 87.8 Å². The number of para-hydroxylation sites is 2. The third-order valence-corrected chi connectivity index (χ3v) is 5.86. The molecule has 1 aromatic carbocycles. The molecule has 0 bridgehead atoms. The molecule has 1 fully saturated rings. The van der Waals surface area contributed by atoms with Crippen LogP contribution in [0.1, 0.15) is 16.8 Å². The number of benzene rings is 1. The molecular formula is C23H34IN5O2. The second kappa shape index (κ2) is 11.5. The van der Waals surface area contributed by atoms with E-state index in [2.05, 4.69) is 34.4 Å².